The minimum Gasteiger partial charge on any atom is -0.462 e. The molecule has 2 aliphatic rings. The summed E-state index contributed by atoms with van der Waals surface area (Å²) in [5, 5.41) is 7.70. The minimum atomic E-state index is -0.187. The summed E-state index contributed by atoms with van der Waals surface area (Å²) in [7, 11) is 2.02. The molecule has 1 saturated carbocycles. The summed E-state index contributed by atoms with van der Waals surface area (Å²) in [4.78, 5) is 10.3. The molecule has 0 amide bonds. The van der Waals surface area contributed by atoms with Gasteiger partial charge in [-0.05, 0) is 47.6 Å². The molecule has 1 aliphatic heterocycles. The van der Waals surface area contributed by atoms with Crippen LogP contribution in [0.15, 0.2) is 19.2 Å². The number of nitrogens with one attached hydrogen (secondary N) is 1. The van der Waals surface area contributed by atoms with Crippen LogP contribution >= 0.6 is 0 Å². The minimum absolute atomic E-state index is 0. The van der Waals surface area contributed by atoms with Crippen LogP contribution in [0.3, 0.4) is 0 Å². The molecule has 1 aromatic rings. The Kier molecular flexibility index (Phi) is 12.0. The highest BCUT2D eigenvalue weighted by molar-refractivity contribution is 5.38. The molecule has 2 fully saturated rings. The number of rotatable bonds is 4. The number of aromatic nitrogens is 2. The molecule has 0 radical (unpaired) electrons. The molecule has 1 saturated heterocycles. The molecule has 7 heteroatoms. The van der Waals surface area contributed by atoms with Gasteiger partial charge < -0.3 is 20.5 Å². The number of nitrogens with zero attached hydrogens (tertiary/aromatic N) is 2. The first-order valence-electron chi connectivity index (χ1n) is 8.94. The molecule has 164 valence electrons. The molecule has 1 aromatic heterocycles. The summed E-state index contributed by atoms with van der Waals surface area (Å²) >= 11 is 0. The highest BCUT2D eigenvalue weighted by Crippen LogP contribution is 2.33. The number of ether oxygens (including phenoxy) is 2. The number of carbonyl (C=O) groups excluding carboxylic acids is 1. The first-order chi connectivity index (χ1) is 12.2. The summed E-state index contributed by atoms with van der Waals surface area (Å²) in [6.07, 6.45) is 3.01. The van der Waals surface area contributed by atoms with Crippen LogP contribution in [-0.2, 0) is 19.8 Å². The first-order valence-corrected chi connectivity index (χ1v) is 8.94. The van der Waals surface area contributed by atoms with Crippen LogP contribution in [0, 0.1) is 0 Å². The second-order valence-electron chi connectivity index (χ2n) is 7.80. The highest BCUT2D eigenvalue weighted by atomic mass is 16.6. The average Bonchev–Trinajstić information content (AvgIpc) is 2.99. The lowest BCUT2D eigenvalue weighted by Crippen LogP contribution is -2.25. The van der Waals surface area contributed by atoms with Crippen LogP contribution in [0.4, 0.5) is 5.82 Å². The third kappa shape index (κ3) is 8.02. The van der Waals surface area contributed by atoms with Gasteiger partial charge in [0.2, 0.25) is 0 Å². The van der Waals surface area contributed by atoms with Crippen LogP contribution in [0.25, 0.3) is 0 Å². The van der Waals surface area contributed by atoms with Gasteiger partial charge in [0.1, 0.15) is 18.0 Å². The maximum absolute atomic E-state index is 10.3. The molecule has 3 N–H and O–H groups in total. The van der Waals surface area contributed by atoms with Crippen molar-refractivity contribution >= 4 is 12.3 Å². The smallest absolute Gasteiger partial charge is 0.293 e. The van der Waals surface area contributed by atoms with E-state index in [0.29, 0.717) is 30.9 Å². The van der Waals surface area contributed by atoms with Gasteiger partial charge in [-0.3, -0.25) is 4.79 Å². The van der Waals surface area contributed by atoms with E-state index >= 15 is 0 Å². The predicted octanol–water partition coefficient (Wildman–Crippen LogP) is 4.06. The van der Waals surface area contributed by atoms with Gasteiger partial charge in [0.15, 0.2) is 0 Å². The van der Waals surface area contributed by atoms with E-state index in [4.69, 9.17) is 15.2 Å². The fourth-order valence-electron chi connectivity index (χ4n) is 2.52. The molecule has 28 heavy (non-hydrogen) atoms. The van der Waals surface area contributed by atoms with Gasteiger partial charge in [0, 0.05) is 18.0 Å². The Hall–Kier alpha value is -1.86. The molecule has 0 spiro atoms. The molecular formula is C21H42N4O3. The van der Waals surface area contributed by atoms with Gasteiger partial charge in [-0.15, -0.1) is 13.2 Å². The van der Waals surface area contributed by atoms with Crippen LogP contribution < -0.4 is 11.1 Å². The maximum atomic E-state index is 10.3. The second kappa shape index (κ2) is 11.9. The third-order valence-electron chi connectivity index (χ3n) is 4.53. The molecule has 0 aromatic carbocycles. The summed E-state index contributed by atoms with van der Waals surface area (Å²) in [6.45, 7) is 15.2. The zero-order chi connectivity index (χ0) is 20.0. The van der Waals surface area contributed by atoms with Gasteiger partial charge >= 0.3 is 0 Å². The first kappa shape index (κ1) is 28.4. The largest absolute Gasteiger partial charge is 0.462 e. The molecular weight excluding hydrogens is 356 g/mol. The zero-order valence-electron chi connectivity index (χ0n) is 16.7. The van der Waals surface area contributed by atoms with Gasteiger partial charge in [0.25, 0.3) is 6.47 Å². The van der Waals surface area contributed by atoms with Crippen molar-refractivity contribution in [3.63, 3.8) is 0 Å². The van der Waals surface area contributed by atoms with Crippen LogP contribution in [0.2, 0.25) is 0 Å². The van der Waals surface area contributed by atoms with Crippen molar-refractivity contribution in [2.75, 3.05) is 19.4 Å². The Morgan fingerprint density at radius 2 is 1.96 bits per heavy atom. The van der Waals surface area contributed by atoms with E-state index in [9.17, 15) is 4.79 Å². The van der Waals surface area contributed by atoms with E-state index in [2.05, 4.69) is 30.5 Å². The Balaban J connectivity index is 0. The van der Waals surface area contributed by atoms with E-state index in [-0.39, 0.29) is 32.6 Å². The van der Waals surface area contributed by atoms with Crippen LogP contribution in [-0.4, -0.2) is 41.6 Å². The van der Waals surface area contributed by atoms with Crippen molar-refractivity contribution < 1.29 is 14.3 Å². The van der Waals surface area contributed by atoms with Crippen molar-refractivity contribution in [2.45, 2.75) is 85.1 Å². The van der Waals surface area contributed by atoms with E-state index in [0.717, 1.165) is 5.69 Å². The van der Waals surface area contributed by atoms with Crippen molar-refractivity contribution in [1.29, 1.82) is 0 Å². The molecule has 2 unspecified atom stereocenters. The lowest BCUT2D eigenvalue weighted by atomic mass is 10.1. The standard InChI is InChI=1S/C12H19N3O3.C5H11N.C2H4.2CH4/c1-12(2,3)15-11(13)5-9(14-15)10-4-8(6-17-10)18-7-16;1-5(6-2)3-4-5;1-2;;/h5,7-8,10H,4,6,13H2,1-3H3;6H,3-4H2,1-2H3;1-2H2;2*1H4. The normalized spacial score (nSPS) is 21.5. The highest BCUT2D eigenvalue weighted by Gasteiger charge is 2.34. The zero-order valence-corrected chi connectivity index (χ0v) is 16.7. The number of hydrogen-bond donors (Lipinski definition) is 2. The summed E-state index contributed by atoms with van der Waals surface area (Å²) in [6, 6.07) is 1.82. The molecule has 7 nitrogen and oxygen atoms in total. The predicted molar refractivity (Wildman–Crippen MR) is 117 cm³/mol. The number of hydrogen-bond acceptors (Lipinski definition) is 6. The van der Waals surface area contributed by atoms with Crippen molar-refractivity contribution in [1.82, 2.24) is 15.1 Å². The second-order valence-corrected chi connectivity index (χ2v) is 7.80. The van der Waals surface area contributed by atoms with Gasteiger partial charge in [-0.25, -0.2) is 4.68 Å². The molecule has 1 aliphatic carbocycles. The van der Waals surface area contributed by atoms with Crippen molar-refractivity contribution in [3.05, 3.63) is 24.9 Å². The van der Waals surface area contributed by atoms with Gasteiger partial charge in [-0.1, -0.05) is 14.9 Å². The van der Waals surface area contributed by atoms with Crippen LogP contribution in [0.5, 0.6) is 0 Å². The lowest BCUT2D eigenvalue weighted by molar-refractivity contribution is -0.133. The van der Waals surface area contributed by atoms with Gasteiger partial charge in [-0.2, -0.15) is 5.10 Å². The number of anilines is 1. The summed E-state index contributed by atoms with van der Waals surface area (Å²) in [5.74, 6) is 0.612. The van der Waals surface area contributed by atoms with Crippen molar-refractivity contribution in [2.24, 2.45) is 0 Å². The average molecular weight is 399 g/mol. The Morgan fingerprint density at radius 3 is 2.32 bits per heavy atom. The van der Waals surface area contributed by atoms with Crippen molar-refractivity contribution in [3.8, 4) is 0 Å². The molecule has 3 rings (SSSR count). The third-order valence-corrected chi connectivity index (χ3v) is 4.53. The topological polar surface area (TPSA) is 91.4 Å². The Labute approximate surface area is 171 Å². The summed E-state index contributed by atoms with van der Waals surface area (Å²) < 4.78 is 12.2. The molecule has 2 atom stereocenters. The fourth-order valence-corrected chi connectivity index (χ4v) is 2.52. The van der Waals surface area contributed by atoms with Gasteiger partial charge in [0.05, 0.1) is 17.8 Å². The molecule has 0 bridgehead atoms. The Morgan fingerprint density at radius 1 is 1.39 bits per heavy atom. The fraction of sp³-hybridized carbons (Fsp3) is 0.714. The van der Waals surface area contributed by atoms with Crippen LogP contribution in [0.1, 0.15) is 73.6 Å². The van der Waals surface area contributed by atoms with E-state index in [1.54, 1.807) is 4.68 Å². The molecule has 2 heterocycles. The SMILES string of the molecule is C.C.C=C.CC(C)(C)n1nc(C2CC(OC=O)CO2)cc1N.CNC1(C)CC1. The summed E-state index contributed by atoms with van der Waals surface area (Å²) in [5.41, 5.74) is 7.11. The van der Waals surface area contributed by atoms with E-state index in [1.165, 1.54) is 12.8 Å². The maximum Gasteiger partial charge on any atom is 0.293 e. The number of nitrogen functional groups attached to an aromatic ring is 1. The lowest BCUT2D eigenvalue weighted by Gasteiger charge is -2.20. The number of carbonyl (C=O) groups is 1. The van der Waals surface area contributed by atoms with E-state index in [1.807, 2.05) is 33.9 Å². The monoisotopic (exact) mass is 398 g/mol. The quantitative estimate of drug-likeness (QED) is 0.587. The Bertz CT molecular complexity index is 577. The number of nitrogens with two attached hydrogens (primary N) is 1. The van der Waals surface area contributed by atoms with E-state index < -0.39 is 0 Å².